The predicted molar refractivity (Wildman–Crippen MR) is 102 cm³/mol. The van der Waals surface area contributed by atoms with Gasteiger partial charge in [0.15, 0.2) is 0 Å². The number of hydrogen-bond acceptors (Lipinski definition) is 2. The minimum Gasteiger partial charge on any atom is -0.286 e. The Hall–Kier alpha value is -2.41. The lowest BCUT2D eigenvalue weighted by molar-refractivity contribution is -0.374. The molecule has 0 atom stereocenters. The Kier molecular flexibility index (Phi) is 6.22. The van der Waals surface area contributed by atoms with Gasteiger partial charge in [-0.3, -0.25) is 5.73 Å². The van der Waals surface area contributed by atoms with Crippen molar-refractivity contribution in [2.75, 3.05) is 5.73 Å². The molecule has 136 valence electrons. The lowest BCUT2D eigenvalue weighted by Gasteiger charge is -2.16. The molecule has 1 aliphatic rings. The van der Waals surface area contributed by atoms with Crippen LogP contribution in [0.5, 0.6) is 0 Å². The van der Waals surface area contributed by atoms with Crippen LogP contribution >= 0.6 is 0 Å². The van der Waals surface area contributed by atoms with Crippen molar-refractivity contribution in [3.8, 4) is 17.2 Å². The normalized spacial score (nSPS) is 16.0. The quantitative estimate of drug-likeness (QED) is 0.786. The number of anilines is 1. The second kappa shape index (κ2) is 8.80. The molecule has 0 bridgehead atoms. The molecule has 0 fully saturated rings. The Bertz CT molecular complexity index is 808. The molecule has 3 nitrogen and oxygen atoms in total. The topological polar surface area (TPSA) is 64.0 Å². The number of nitrogens with two attached hydrogens (primary N) is 1. The number of aromatic amines is 1. The SMILES string of the molecule is N#Cc1c(N)[nH+]c2c(c1-c1ccccc1F)CCCCCCCCCC2. The molecular formula is C22H27FN3+. The van der Waals surface area contributed by atoms with Crippen LogP contribution in [-0.2, 0) is 12.8 Å². The van der Waals surface area contributed by atoms with E-state index in [1.807, 2.05) is 6.07 Å². The molecule has 0 spiro atoms. The van der Waals surface area contributed by atoms with Crippen LogP contribution in [0.2, 0.25) is 0 Å². The summed E-state index contributed by atoms with van der Waals surface area (Å²) in [5.41, 5.74) is 9.83. The second-order valence-electron chi connectivity index (χ2n) is 7.17. The molecule has 3 rings (SSSR count). The van der Waals surface area contributed by atoms with Gasteiger partial charge >= 0.3 is 0 Å². The fraction of sp³-hybridized carbons (Fsp3) is 0.455. The van der Waals surface area contributed by atoms with Gasteiger partial charge in [-0.05, 0) is 25.3 Å². The van der Waals surface area contributed by atoms with Gasteiger partial charge in [0.05, 0.1) is 0 Å². The highest BCUT2D eigenvalue weighted by Gasteiger charge is 2.24. The van der Waals surface area contributed by atoms with E-state index in [2.05, 4.69) is 11.1 Å². The zero-order valence-corrected chi connectivity index (χ0v) is 15.3. The van der Waals surface area contributed by atoms with Crippen molar-refractivity contribution >= 4 is 5.82 Å². The van der Waals surface area contributed by atoms with Crippen LogP contribution in [0.15, 0.2) is 24.3 Å². The third kappa shape index (κ3) is 4.04. The summed E-state index contributed by atoms with van der Waals surface area (Å²) >= 11 is 0. The van der Waals surface area contributed by atoms with E-state index in [9.17, 15) is 9.65 Å². The maximum absolute atomic E-state index is 14.6. The smallest absolute Gasteiger partial charge is 0.286 e. The van der Waals surface area contributed by atoms with Crippen molar-refractivity contribution in [2.24, 2.45) is 0 Å². The highest BCUT2D eigenvalue weighted by atomic mass is 19.1. The third-order valence-corrected chi connectivity index (χ3v) is 5.33. The summed E-state index contributed by atoms with van der Waals surface area (Å²) in [6.45, 7) is 0. The number of aryl methyl sites for hydroxylation is 1. The summed E-state index contributed by atoms with van der Waals surface area (Å²) in [4.78, 5) is 3.26. The summed E-state index contributed by atoms with van der Waals surface area (Å²) in [6, 6.07) is 8.89. The van der Waals surface area contributed by atoms with Gasteiger partial charge in [-0.15, -0.1) is 0 Å². The first-order valence-electron chi connectivity index (χ1n) is 9.74. The molecule has 0 amide bonds. The summed E-state index contributed by atoms with van der Waals surface area (Å²) in [7, 11) is 0. The summed E-state index contributed by atoms with van der Waals surface area (Å²) in [5, 5.41) is 9.69. The highest BCUT2D eigenvalue weighted by molar-refractivity contribution is 5.78. The number of nitrogens with zero attached hydrogens (tertiary/aromatic N) is 1. The zero-order valence-electron chi connectivity index (χ0n) is 15.3. The molecule has 26 heavy (non-hydrogen) atoms. The number of hydrogen-bond donors (Lipinski definition) is 1. The van der Waals surface area contributed by atoms with E-state index in [-0.39, 0.29) is 5.82 Å². The third-order valence-electron chi connectivity index (χ3n) is 5.33. The van der Waals surface area contributed by atoms with Crippen molar-refractivity contribution in [2.45, 2.75) is 64.2 Å². The van der Waals surface area contributed by atoms with Gasteiger partial charge in [-0.25, -0.2) is 9.37 Å². The molecule has 1 heterocycles. The standard InChI is InChI=1S/C22H26FN3/c23-19-13-10-9-11-16(19)21-17-12-7-5-3-1-2-4-6-8-14-20(17)26-22(25)18(21)15-24/h9-11,13H,1-8,12,14H2,(H2,25,26)/p+1. The Morgan fingerprint density at radius 2 is 1.54 bits per heavy atom. The minimum absolute atomic E-state index is 0.303. The van der Waals surface area contributed by atoms with Gasteiger partial charge in [0.2, 0.25) is 0 Å². The Morgan fingerprint density at radius 3 is 2.19 bits per heavy atom. The number of rotatable bonds is 1. The van der Waals surface area contributed by atoms with Gasteiger partial charge in [-0.2, -0.15) is 5.26 Å². The van der Waals surface area contributed by atoms with Gasteiger partial charge in [0.1, 0.15) is 23.1 Å². The van der Waals surface area contributed by atoms with E-state index in [0.717, 1.165) is 36.9 Å². The molecule has 2 aromatic rings. The molecule has 4 heteroatoms. The number of nitriles is 1. The van der Waals surface area contributed by atoms with Crippen molar-refractivity contribution in [1.29, 1.82) is 5.26 Å². The van der Waals surface area contributed by atoms with Crippen LogP contribution in [-0.4, -0.2) is 0 Å². The van der Waals surface area contributed by atoms with Crippen LogP contribution in [0.25, 0.3) is 11.1 Å². The Morgan fingerprint density at radius 1 is 0.923 bits per heavy atom. The molecule has 0 saturated heterocycles. The first kappa shape index (κ1) is 18.4. The molecule has 0 unspecified atom stereocenters. The minimum atomic E-state index is -0.303. The van der Waals surface area contributed by atoms with Crippen molar-refractivity contribution in [1.82, 2.24) is 0 Å². The maximum Gasteiger partial charge on any atom is 0.289 e. The zero-order chi connectivity index (χ0) is 18.4. The lowest BCUT2D eigenvalue weighted by Crippen LogP contribution is -2.23. The average Bonchev–Trinajstić information content (AvgIpc) is 2.63. The van der Waals surface area contributed by atoms with Crippen LogP contribution in [0.3, 0.4) is 0 Å². The molecule has 0 radical (unpaired) electrons. The van der Waals surface area contributed by atoms with Crippen LogP contribution < -0.4 is 10.7 Å². The molecule has 3 N–H and O–H groups in total. The number of nitrogens with one attached hydrogen (secondary N) is 1. The lowest BCUT2D eigenvalue weighted by atomic mass is 9.88. The predicted octanol–water partition coefficient (Wildman–Crippen LogP) is 4.98. The first-order valence-corrected chi connectivity index (χ1v) is 9.74. The Balaban J connectivity index is 2.14. The van der Waals surface area contributed by atoms with E-state index in [1.54, 1.807) is 12.1 Å². The van der Waals surface area contributed by atoms with Crippen LogP contribution in [0.1, 0.15) is 68.2 Å². The monoisotopic (exact) mass is 352 g/mol. The van der Waals surface area contributed by atoms with Crippen molar-refractivity contribution in [3.63, 3.8) is 0 Å². The van der Waals surface area contributed by atoms with E-state index in [4.69, 9.17) is 5.73 Å². The van der Waals surface area contributed by atoms with E-state index < -0.39 is 0 Å². The van der Waals surface area contributed by atoms with E-state index in [1.165, 1.54) is 44.6 Å². The molecule has 1 aliphatic carbocycles. The fourth-order valence-electron chi connectivity index (χ4n) is 3.97. The molecule has 1 aromatic carbocycles. The van der Waals surface area contributed by atoms with Gasteiger partial charge in [0, 0.05) is 23.1 Å². The fourth-order valence-corrected chi connectivity index (χ4v) is 3.97. The van der Waals surface area contributed by atoms with Crippen LogP contribution in [0, 0.1) is 17.1 Å². The highest BCUT2D eigenvalue weighted by Crippen LogP contribution is 2.34. The number of fused-ring (bicyclic) bond motifs is 1. The maximum atomic E-state index is 14.6. The molecule has 0 saturated carbocycles. The summed E-state index contributed by atoms with van der Waals surface area (Å²) < 4.78 is 14.6. The average molecular weight is 352 g/mol. The largest absolute Gasteiger partial charge is 0.289 e. The number of aromatic nitrogens is 1. The van der Waals surface area contributed by atoms with Crippen molar-refractivity contribution < 1.29 is 9.37 Å². The van der Waals surface area contributed by atoms with Gasteiger partial charge in [-0.1, -0.05) is 56.7 Å². The van der Waals surface area contributed by atoms with E-state index in [0.29, 0.717) is 22.5 Å². The number of H-pyrrole nitrogens is 1. The Labute approximate surface area is 155 Å². The number of halogens is 1. The molecule has 1 aromatic heterocycles. The summed E-state index contributed by atoms with van der Waals surface area (Å²) in [6.07, 6.45) is 11.4. The van der Waals surface area contributed by atoms with Crippen molar-refractivity contribution in [3.05, 3.63) is 46.9 Å². The van der Waals surface area contributed by atoms with E-state index >= 15 is 0 Å². The van der Waals surface area contributed by atoms with Gasteiger partial charge in [0.25, 0.3) is 5.82 Å². The van der Waals surface area contributed by atoms with Gasteiger partial charge < -0.3 is 0 Å². The number of nitrogen functional groups attached to an aromatic ring is 1. The number of pyridine rings is 1. The van der Waals surface area contributed by atoms with Crippen LogP contribution in [0.4, 0.5) is 10.2 Å². The second-order valence-corrected chi connectivity index (χ2v) is 7.17. The first-order chi connectivity index (χ1) is 12.7. The molecule has 0 aliphatic heterocycles. The number of benzene rings is 1. The summed E-state index contributed by atoms with van der Waals surface area (Å²) in [5.74, 6) is 0.0412. The molecular weight excluding hydrogens is 325 g/mol.